The van der Waals surface area contributed by atoms with Crippen LogP contribution < -0.4 is 5.56 Å². The van der Waals surface area contributed by atoms with Crippen molar-refractivity contribution >= 4 is 28.2 Å². The summed E-state index contributed by atoms with van der Waals surface area (Å²) in [7, 11) is 0. The molecule has 118 valence electrons. The summed E-state index contributed by atoms with van der Waals surface area (Å²) in [4.78, 5) is 27.5. The van der Waals surface area contributed by atoms with Gasteiger partial charge in [-0.1, -0.05) is 12.1 Å². The van der Waals surface area contributed by atoms with Crippen molar-refractivity contribution in [3.63, 3.8) is 0 Å². The van der Waals surface area contributed by atoms with Gasteiger partial charge in [0, 0.05) is 18.7 Å². The maximum Gasteiger partial charge on any atom is 0.269 e. The molecule has 3 aromatic rings. The number of para-hydroxylation sites is 1. The lowest BCUT2D eigenvalue weighted by atomic mass is 10.1. The number of nitro benzene ring substituents is 1. The number of hydrogen-bond acceptors (Lipinski definition) is 4. The lowest BCUT2D eigenvalue weighted by molar-refractivity contribution is -0.384. The molecule has 0 spiro atoms. The van der Waals surface area contributed by atoms with Crippen LogP contribution in [0.4, 0.5) is 5.69 Å². The third-order valence-corrected chi connectivity index (χ3v) is 4.20. The molecule has 4 rings (SSSR count). The first-order valence-corrected chi connectivity index (χ1v) is 7.58. The van der Waals surface area contributed by atoms with Crippen LogP contribution in [0.15, 0.2) is 53.3 Å². The third kappa shape index (κ3) is 2.28. The van der Waals surface area contributed by atoms with Crippen LogP contribution in [0.1, 0.15) is 17.8 Å². The van der Waals surface area contributed by atoms with Gasteiger partial charge in [0.15, 0.2) is 0 Å². The second-order valence-corrected chi connectivity index (χ2v) is 5.68. The molecule has 1 aromatic heterocycles. The number of rotatable bonds is 2. The van der Waals surface area contributed by atoms with Gasteiger partial charge < -0.3 is 0 Å². The van der Waals surface area contributed by atoms with E-state index in [2.05, 4.69) is 4.98 Å². The Morgan fingerprint density at radius 3 is 2.62 bits per heavy atom. The van der Waals surface area contributed by atoms with E-state index in [0.29, 0.717) is 23.3 Å². The fourth-order valence-corrected chi connectivity index (χ4v) is 2.99. The summed E-state index contributed by atoms with van der Waals surface area (Å²) in [5.41, 5.74) is 2.54. The molecule has 0 unspecified atom stereocenters. The molecule has 0 saturated heterocycles. The van der Waals surface area contributed by atoms with Crippen LogP contribution in [-0.2, 0) is 6.54 Å². The monoisotopic (exact) mass is 319 g/mol. The van der Waals surface area contributed by atoms with E-state index in [1.54, 1.807) is 22.8 Å². The zero-order valence-electron chi connectivity index (χ0n) is 12.7. The number of hydrogen-bond donors (Lipinski definition) is 0. The highest BCUT2D eigenvalue weighted by molar-refractivity contribution is 5.84. The molecule has 6 nitrogen and oxygen atoms in total. The van der Waals surface area contributed by atoms with Gasteiger partial charge in [-0.2, -0.15) is 0 Å². The molecule has 6 heteroatoms. The molecule has 0 radical (unpaired) electrons. The Balaban J connectivity index is 1.81. The SMILES string of the molecule is O=c1c2ccccc2nc2n1CC/C2=C\c1ccc([N+](=O)[O-])cc1. The molecule has 2 aromatic carbocycles. The number of non-ortho nitro benzene ring substituents is 1. The van der Waals surface area contributed by atoms with E-state index in [4.69, 9.17) is 0 Å². The molecule has 1 aliphatic rings. The maximum absolute atomic E-state index is 12.6. The Morgan fingerprint density at radius 1 is 1.12 bits per heavy atom. The molecule has 0 saturated carbocycles. The minimum absolute atomic E-state index is 0.0253. The van der Waals surface area contributed by atoms with Gasteiger partial charge in [-0.05, 0) is 47.9 Å². The van der Waals surface area contributed by atoms with Crippen LogP contribution >= 0.6 is 0 Å². The molecule has 2 heterocycles. The van der Waals surface area contributed by atoms with Crippen LogP contribution in [-0.4, -0.2) is 14.5 Å². The van der Waals surface area contributed by atoms with E-state index >= 15 is 0 Å². The molecule has 0 bridgehead atoms. The molecular weight excluding hydrogens is 306 g/mol. The minimum atomic E-state index is -0.422. The summed E-state index contributed by atoms with van der Waals surface area (Å²) >= 11 is 0. The van der Waals surface area contributed by atoms with Crippen molar-refractivity contribution in [2.75, 3.05) is 0 Å². The molecule has 0 N–H and O–H groups in total. The van der Waals surface area contributed by atoms with Gasteiger partial charge in [0.2, 0.25) is 0 Å². The van der Waals surface area contributed by atoms with Crippen molar-refractivity contribution in [2.45, 2.75) is 13.0 Å². The van der Waals surface area contributed by atoms with Crippen molar-refractivity contribution in [2.24, 2.45) is 0 Å². The summed E-state index contributed by atoms with van der Waals surface area (Å²) in [6.45, 7) is 0.602. The van der Waals surface area contributed by atoms with Gasteiger partial charge in [0.05, 0.1) is 15.8 Å². The highest BCUT2D eigenvalue weighted by atomic mass is 16.6. The second kappa shape index (κ2) is 5.42. The molecule has 24 heavy (non-hydrogen) atoms. The number of nitrogens with zero attached hydrogens (tertiary/aromatic N) is 3. The fourth-order valence-electron chi connectivity index (χ4n) is 2.99. The normalized spacial score (nSPS) is 14.9. The van der Waals surface area contributed by atoms with Gasteiger partial charge in [-0.25, -0.2) is 4.98 Å². The third-order valence-electron chi connectivity index (χ3n) is 4.20. The summed E-state index contributed by atoms with van der Waals surface area (Å²) < 4.78 is 1.69. The predicted octanol–water partition coefficient (Wildman–Crippen LogP) is 3.25. The highest BCUT2D eigenvalue weighted by Crippen LogP contribution is 2.27. The standard InChI is InChI=1S/C18H13N3O3/c22-18-15-3-1-2-4-16(15)19-17-13(9-10-20(17)18)11-12-5-7-14(8-6-12)21(23)24/h1-8,11H,9-10H2/b13-11+. The van der Waals surface area contributed by atoms with Crippen LogP contribution in [0.25, 0.3) is 22.6 Å². The summed E-state index contributed by atoms with van der Waals surface area (Å²) in [6.07, 6.45) is 2.65. The first kappa shape index (κ1) is 14.3. The van der Waals surface area contributed by atoms with E-state index in [1.165, 1.54) is 12.1 Å². The average molecular weight is 319 g/mol. The molecule has 0 aliphatic carbocycles. The summed E-state index contributed by atoms with van der Waals surface area (Å²) in [5.74, 6) is 0.678. The average Bonchev–Trinajstić information content (AvgIpc) is 2.99. The van der Waals surface area contributed by atoms with E-state index in [-0.39, 0.29) is 11.2 Å². The first-order chi connectivity index (χ1) is 11.6. The number of benzene rings is 2. The largest absolute Gasteiger partial charge is 0.292 e. The van der Waals surface area contributed by atoms with Crippen molar-refractivity contribution in [3.05, 3.63) is 80.4 Å². The second-order valence-electron chi connectivity index (χ2n) is 5.68. The lowest BCUT2D eigenvalue weighted by Gasteiger charge is -2.05. The molecule has 0 atom stereocenters. The fraction of sp³-hybridized carbons (Fsp3) is 0.111. The summed E-state index contributed by atoms with van der Waals surface area (Å²) in [5, 5.41) is 11.3. The van der Waals surface area contributed by atoms with E-state index in [9.17, 15) is 14.9 Å². The molecule has 0 fully saturated rings. The highest BCUT2D eigenvalue weighted by Gasteiger charge is 2.20. The zero-order chi connectivity index (χ0) is 16.7. The van der Waals surface area contributed by atoms with Crippen molar-refractivity contribution in [1.29, 1.82) is 0 Å². The van der Waals surface area contributed by atoms with Crippen LogP contribution in [0.2, 0.25) is 0 Å². The molecular formula is C18H13N3O3. The van der Waals surface area contributed by atoms with Crippen molar-refractivity contribution in [1.82, 2.24) is 9.55 Å². The maximum atomic E-state index is 12.6. The Labute approximate surface area is 136 Å². The zero-order valence-corrected chi connectivity index (χ0v) is 12.7. The molecule has 0 amide bonds. The van der Waals surface area contributed by atoms with Gasteiger partial charge >= 0.3 is 0 Å². The minimum Gasteiger partial charge on any atom is -0.292 e. The Morgan fingerprint density at radius 2 is 1.88 bits per heavy atom. The van der Waals surface area contributed by atoms with E-state index < -0.39 is 4.92 Å². The first-order valence-electron chi connectivity index (χ1n) is 7.58. The summed E-state index contributed by atoms with van der Waals surface area (Å²) in [6, 6.07) is 13.7. The van der Waals surface area contributed by atoms with Crippen LogP contribution in [0.5, 0.6) is 0 Å². The quantitative estimate of drug-likeness (QED) is 0.536. The van der Waals surface area contributed by atoms with Crippen molar-refractivity contribution < 1.29 is 4.92 Å². The van der Waals surface area contributed by atoms with Crippen molar-refractivity contribution in [3.8, 4) is 0 Å². The number of fused-ring (bicyclic) bond motifs is 2. The van der Waals surface area contributed by atoms with E-state index in [1.807, 2.05) is 24.3 Å². The Hall–Kier alpha value is -3.28. The number of allylic oxidation sites excluding steroid dienone is 1. The lowest BCUT2D eigenvalue weighted by Crippen LogP contribution is -2.20. The molecule has 1 aliphatic heterocycles. The van der Waals surface area contributed by atoms with Crippen LogP contribution in [0.3, 0.4) is 0 Å². The van der Waals surface area contributed by atoms with Crippen LogP contribution in [0, 0.1) is 10.1 Å². The van der Waals surface area contributed by atoms with E-state index in [0.717, 1.165) is 17.6 Å². The van der Waals surface area contributed by atoms with Gasteiger partial charge in [0.1, 0.15) is 5.82 Å². The Bertz CT molecular complexity index is 1050. The topological polar surface area (TPSA) is 78.0 Å². The predicted molar refractivity (Wildman–Crippen MR) is 91.6 cm³/mol. The van der Waals surface area contributed by atoms with Gasteiger partial charge in [0.25, 0.3) is 11.2 Å². The van der Waals surface area contributed by atoms with Gasteiger partial charge in [-0.3, -0.25) is 19.5 Å². The number of aromatic nitrogens is 2. The van der Waals surface area contributed by atoms with Gasteiger partial charge in [-0.15, -0.1) is 0 Å². The smallest absolute Gasteiger partial charge is 0.269 e. The number of nitro groups is 1. The Kier molecular flexibility index (Phi) is 3.23.